The molecular weight excluding hydrogens is 609 g/mol. The predicted octanol–water partition coefficient (Wildman–Crippen LogP) is 11.6. The first kappa shape index (κ1) is 34.0. The van der Waals surface area contributed by atoms with Crippen molar-refractivity contribution in [3.63, 3.8) is 0 Å². The van der Waals surface area contributed by atoms with E-state index in [-0.39, 0.29) is 22.8 Å². The van der Waals surface area contributed by atoms with Gasteiger partial charge < -0.3 is 9.47 Å². The molecule has 1 aliphatic heterocycles. The molecule has 46 heavy (non-hydrogen) atoms. The van der Waals surface area contributed by atoms with Gasteiger partial charge in [-0.2, -0.15) is 8.78 Å². The highest BCUT2D eigenvalue weighted by molar-refractivity contribution is 5.65. The van der Waals surface area contributed by atoms with Crippen molar-refractivity contribution < 1.29 is 40.2 Å². The Morgan fingerprint density at radius 3 is 2.13 bits per heavy atom. The molecular formula is C37H39F7O2. The average molecular weight is 649 g/mol. The molecule has 3 aromatic rings. The van der Waals surface area contributed by atoms with Gasteiger partial charge >= 0.3 is 6.11 Å². The van der Waals surface area contributed by atoms with E-state index < -0.39 is 40.9 Å². The lowest BCUT2D eigenvalue weighted by Gasteiger charge is -2.38. The molecule has 2 unspecified atom stereocenters. The summed E-state index contributed by atoms with van der Waals surface area (Å²) in [6.45, 7) is 2.87. The van der Waals surface area contributed by atoms with Crippen LogP contribution in [0.1, 0.15) is 88.4 Å². The van der Waals surface area contributed by atoms with Gasteiger partial charge in [0.2, 0.25) is 0 Å². The number of rotatable bonds is 11. The van der Waals surface area contributed by atoms with Gasteiger partial charge in [0.1, 0.15) is 17.4 Å². The van der Waals surface area contributed by atoms with Crippen LogP contribution in [0, 0.1) is 46.8 Å². The molecule has 0 bridgehead atoms. The van der Waals surface area contributed by atoms with E-state index in [9.17, 15) is 30.7 Å². The zero-order valence-electron chi connectivity index (χ0n) is 25.8. The molecule has 2 nitrogen and oxygen atoms in total. The summed E-state index contributed by atoms with van der Waals surface area (Å²) >= 11 is 0. The minimum Gasteiger partial charge on any atom is -0.429 e. The molecule has 2 fully saturated rings. The summed E-state index contributed by atoms with van der Waals surface area (Å²) in [7, 11) is 0. The van der Waals surface area contributed by atoms with Crippen LogP contribution < -0.4 is 4.74 Å². The van der Waals surface area contributed by atoms with Crippen LogP contribution in [0.25, 0.3) is 17.2 Å². The standard InChI is InChI=1S/C37H39F7O2/c1-2-3-4-5-23-6-8-24(9-7-23)27-12-15-35(45-22-27)26-11-10-25(31(38)18-26)16-17-37(43,44)46-29-13-14-30(32(39)21-29)28-19-33(40)36(42)34(41)20-28/h10-11,13-14,16-21,23-24,27,35H,2-9,12,15,22H2,1H3/b17-16+. The van der Waals surface area contributed by atoms with Gasteiger partial charge in [0, 0.05) is 23.3 Å². The second-order valence-electron chi connectivity index (χ2n) is 12.6. The van der Waals surface area contributed by atoms with Crippen molar-refractivity contribution in [2.24, 2.45) is 17.8 Å². The predicted molar refractivity (Wildman–Crippen MR) is 164 cm³/mol. The Balaban J connectivity index is 1.14. The highest BCUT2D eigenvalue weighted by atomic mass is 19.3. The normalized spacial score (nSPS) is 22.3. The van der Waals surface area contributed by atoms with E-state index >= 15 is 0 Å². The number of unbranched alkanes of at least 4 members (excludes halogenated alkanes) is 2. The van der Waals surface area contributed by atoms with Crippen LogP contribution in [0.4, 0.5) is 30.7 Å². The Morgan fingerprint density at radius 2 is 1.50 bits per heavy atom. The first-order chi connectivity index (χ1) is 22.0. The first-order valence-electron chi connectivity index (χ1n) is 16.1. The molecule has 0 spiro atoms. The van der Waals surface area contributed by atoms with Gasteiger partial charge in [0.05, 0.1) is 12.7 Å². The summed E-state index contributed by atoms with van der Waals surface area (Å²) in [5.74, 6) is -5.10. The number of hydrogen-bond donors (Lipinski definition) is 0. The summed E-state index contributed by atoms with van der Waals surface area (Å²) < 4.78 is 110. The quantitative estimate of drug-likeness (QED) is 0.117. The molecule has 0 amide bonds. The highest BCUT2D eigenvalue weighted by Crippen LogP contribution is 2.42. The molecule has 1 saturated carbocycles. The van der Waals surface area contributed by atoms with Gasteiger partial charge in [0.15, 0.2) is 17.5 Å². The van der Waals surface area contributed by atoms with Crippen LogP contribution in [0.15, 0.2) is 54.6 Å². The van der Waals surface area contributed by atoms with Crippen molar-refractivity contribution in [3.05, 3.63) is 94.8 Å². The van der Waals surface area contributed by atoms with Crippen LogP contribution in [0.3, 0.4) is 0 Å². The molecule has 2 aliphatic rings. The van der Waals surface area contributed by atoms with Crippen molar-refractivity contribution in [3.8, 4) is 16.9 Å². The van der Waals surface area contributed by atoms with Crippen LogP contribution in [-0.4, -0.2) is 12.7 Å². The van der Waals surface area contributed by atoms with E-state index in [0.717, 1.165) is 37.0 Å². The summed E-state index contributed by atoms with van der Waals surface area (Å²) in [5, 5.41) is 0. The Bertz CT molecular complexity index is 1480. The molecule has 1 aliphatic carbocycles. The van der Waals surface area contributed by atoms with Crippen molar-refractivity contribution in [2.45, 2.75) is 83.3 Å². The van der Waals surface area contributed by atoms with Crippen molar-refractivity contribution in [1.82, 2.24) is 0 Å². The maximum absolute atomic E-state index is 14.9. The second kappa shape index (κ2) is 15.1. The fourth-order valence-corrected chi connectivity index (χ4v) is 6.80. The zero-order valence-corrected chi connectivity index (χ0v) is 25.8. The topological polar surface area (TPSA) is 18.5 Å². The smallest absolute Gasteiger partial charge is 0.419 e. The molecule has 1 saturated heterocycles. The van der Waals surface area contributed by atoms with Gasteiger partial charge in [-0.25, -0.2) is 22.0 Å². The van der Waals surface area contributed by atoms with Gasteiger partial charge in [0.25, 0.3) is 0 Å². The minimum atomic E-state index is -3.94. The molecule has 248 valence electrons. The van der Waals surface area contributed by atoms with Crippen LogP contribution in [-0.2, 0) is 4.74 Å². The minimum absolute atomic E-state index is 0.0849. The molecule has 9 heteroatoms. The third-order valence-electron chi connectivity index (χ3n) is 9.43. The number of alkyl halides is 2. The van der Waals surface area contributed by atoms with Gasteiger partial charge in [-0.3, -0.25) is 0 Å². The third kappa shape index (κ3) is 8.52. The zero-order chi connectivity index (χ0) is 32.8. The van der Waals surface area contributed by atoms with Crippen LogP contribution in [0.2, 0.25) is 0 Å². The Hall–Kier alpha value is -3.33. The first-order valence-corrected chi connectivity index (χ1v) is 16.1. The lowest BCUT2D eigenvalue weighted by atomic mass is 9.72. The molecule has 0 radical (unpaired) electrons. The van der Waals surface area contributed by atoms with E-state index in [2.05, 4.69) is 11.7 Å². The highest BCUT2D eigenvalue weighted by Gasteiger charge is 2.32. The van der Waals surface area contributed by atoms with E-state index in [0.29, 0.717) is 48.3 Å². The Morgan fingerprint density at radius 1 is 0.783 bits per heavy atom. The van der Waals surface area contributed by atoms with Crippen molar-refractivity contribution >= 4 is 6.08 Å². The van der Waals surface area contributed by atoms with Crippen molar-refractivity contribution in [1.29, 1.82) is 0 Å². The van der Waals surface area contributed by atoms with E-state index in [4.69, 9.17) is 4.74 Å². The maximum atomic E-state index is 14.9. The number of ether oxygens (including phenoxy) is 2. The summed E-state index contributed by atoms with van der Waals surface area (Å²) in [4.78, 5) is 0. The fourth-order valence-electron chi connectivity index (χ4n) is 6.80. The van der Waals surface area contributed by atoms with Gasteiger partial charge in [-0.05, 0) is 91.0 Å². The van der Waals surface area contributed by atoms with E-state index in [1.165, 1.54) is 63.5 Å². The molecule has 0 aromatic heterocycles. The van der Waals surface area contributed by atoms with E-state index in [1.807, 2.05) is 0 Å². The Kier molecular flexibility index (Phi) is 11.1. The molecule has 0 N–H and O–H groups in total. The van der Waals surface area contributed by atoms with E-state index in [1.54, 1.807) is 6.07 Å². The van der Waals surface area contributed by atoms with Crippen LogP contribution >= 0.6 is 0 Å². The fraction of sp³-hybridized carbons (Fsp3) is 0.459. The monoisotopic (exact) mass is 648 g/mol. The van der Waals surface area contributed by atoms with Gasteiger partial charge in [-0.15, -0.1) is 0 Å². The average Bonchev–Trinajstić information content (AvgIpc) is 3.03. The number of benzene rings is 3. The summed E-state index contributed by atoms with van der Waals surface area (Å²) in [5.41, 5.74) is -0.0886. The third-order valence-corrected chi connectivity index (χ3v) is 9.43. The lowest BCUT2D eigenvalue weighted by Crippen LogP contribution is -2.29. The Labute approximate surface area is 265 Å². The molecule has 5 rings (SSSR count). The maximum Gasteiger partial charge on any atom is 0.419 e. The molecule has 2 atom stereocenters. The van der Waals surface area contributed by atoms with Gasteiger partial charge in [-0.1, -0.05) is 57.6 Å². The SMILES string of the molecule is CCCCCC1CCC(C2CCC(c3ccc(/C=C/C(F)(F)Oc4ccc(-c5cc(F)c(F)c(F)c5)c(F)c4)c(F)c3)OC2)CC1. The number of halogens is 7. The largest absolute Gasteiger partial charge is 0.429 e. The van der Waals surface area contributed by atoms with Crippen LogP contribution in [0.5, 0.6) is 5.75 Å². The molecule has 3 aromatic carbocycles. The lowest BCUT2D eigenvalue weighted by molar-refractivity contribution is -0.131. The summed E-state index contributed by atoms with van der Waals surface area (Å²) in [6.07, 6.45) is 9.15. The second-order valence-corrected chi connectivity index (χ2v) is 12.6. The molecule has 1 heterocycles. The number of hydrogen-bond acceptors (Lipinski definition) is 2. The summed E-state index contributed by atoms with van der Waals surface area (Å²) in [6, 6.07) is 8.12. The van der Waals surface area contributed by atoms with Crippen molar-refractivity contribution in [2.75, 3.05) is 6.61 Å².